The molecule has 0 aliphatic carbocycles. The Kier molecular flexibility index (Phi) is 5.44. The highest BCUT2D eigenvalue weighted by Crippen LogP contribution is 2.28. The Hall–Kier alpha value is -3.35. The molecule has 1 fully saturated rings. The first-order chi connectivity index (χ1) is 14.4. The number of amides is 3. The van der Waals surface area contributed by atoms with Crippen LogP contribution in [0.5, 0.6) is 0 Å². The predicted molar refractivity (Wildman–Crippen MR) is 112 cm³/mol. The maximum atomic E-state index is 12.9. The normalized spacial score (nSPS) is 21.4. The summed E-state index contributed by atoms with van der Waals surface area (Å²) in [5, 5.41) is 5.90. The van der Waals surface area contributed by atoms with Crippen molar-refractivity contribution in [3.8, 4) is 0 Å². The van der Waals surface area contributed by atoms with Gasteiger partial charge in [-0.1, -0.05) is 36.4 Å². The summed E-state index contributed by atoms with van der Waals surface area (Å²) in [4.78, 5) is 39.4. The number of ether oxygens (including phenoxy) is 1. The van der Waals surface area contributed by atoms with Crippen LogP contribution in [0.3, 0.4) is 0 Å². The number of fused-ring (bicyclic) bond motifs is 1. The van der Waals surface area contributed by atoms with E-state index < -0.39 is 11.6 Å². The monoisotopic (exact) mass is 407 g/mol. The number of hydrogen-bond acceptors (Lipinski definition) is 4. The fourth-order valence-electron chi connectivity index (χ4n) is 3.95. The number of para-hydroxylation sites is 1. The first-order valence-corrected chi connectivity index (χ1v) is 10.2. The summed E-state index contributed by atoms with van der Waals surface area (Å²) in [6.07, 6.45) is 1.64. The molecule has 1 saturated heterocycles. The number of anilines is 1. The maximum absolute atomic E-state index is 12.9. The average molecular weight is 407 g/mol. The summed E-state index contributed by atoms with van der Waals surface area (Å²) in [5.41, 5.74) is 0.859. The highest BCUT2D eigenvalue weighted by molar-refractivity contribution is 5.97. The smallest absolute Gasteiger partial charge is 0.339 e. The SMILES string of the molecule is CC1(C(=O)NC2CCN(C(=O)Nc3ccccc3)CC2)Cc2ccccc2C(=O)O1. The molecule has 1 unspecified atom stereocenters. The Bertz CT molecular complexity index is 954. The Morgan fingerprint density at radius 3 is 2.43 bits per heavy atom. The fourth-order valence-corrected chi connectivity index (χ4v) is 3.95. The molecular formula is C23H25N3O4. The van der Waals surface area contributed by atoms with E-state index in [0.717, 1.165) is 11.3 Å². The molecule has 2 aromatic rings. The molecule has 0 bridgehead atoms. The molecule has 0 radical (unpaired) electrons. The molecule has 3 amide bonds. The number of likely N-dealkylation sites (tertiary alicyclic amines) is 1. The summed E-state index contributed by atoms with van der Waals surface area (Å²) in [6, 6.07) is 16.3. The van der Waals surface area contributed by atoms with Gasteiger partial charge in [-0.2, -0.15) is 0 Å². The van der Waals surface area contributed by atoms with Gasteiger partial charge < -0.3 is 20.3 Å². The summed E-state index contributed by atoms with van der Waals surface area (Å²) in [7, 11) is 0. The van der Waals surface area contributed by atoms with Crippen LogP contribution in [0.4, 0.5) is 10.5 Å². The summed E-state index contributed by atoms with van der Waals surface area (Å²) in [6.45, 7) is 2.74. The third kappa shape index (κ3) is 4.15. The van der Waals surface area contributed by atoms with E-state index >= 15 is 0 Å². The van der Waals surface area contributed by atoms with Gasteiger partial charge in [0.2, 0.25) is 0 Å². The lowest BCUT2D eigenvalue weighted by Gasteiger charge is -2.36. The van der Waals surface area contributed by atoms with Crippen LogP contribution < -0.4 is 10.6 Å². The van der Waals surface area contributed by atoms with Crippen LogP contribution in [0.1, 0.15) is 35.7 Å². The van der Waals surface area contributed by atoms with E-state index in [4.69, 9.17) is 4.74 Å². The Labute approximate surface area is 175 Å². The second-order valence-electron chi connectivity index (χ2n) is 7.99. The van der Waals surface area contributed by atoms with E-state index in [2.05, 4.69) is 10.6 Å². The highest BCUT2D eigenvalue weighted by Gasteiger charge is 2.43. The molecule has 2 N–H and O–H groups in total. The zero-order valence-corrected chi connectivity index (χ0v) is 16.9. The number of hydrogen-bond donors (Lipinski definition) is 2. The summed E-state index contributed by atoms with van der Waals surface area (Å²) in [5.74, 6) is -0.764. The number of piperidine rings is 1. The van der Waals surface area contributed by atoms with E-state index in [1.54, 1.807) is 24.0 Å². The van der Waals surface area contributed by atoms with Crippen molar-refractivity contribution in [1.29, 1.82) is 0 Å². The van der Waals surface area contributed by atoms with Crippen molar-refractivity contribution < 1.29 is 19.1 Å². The first-order valence-electron chi connectivity index (χ1n) is 10.2. The van der Waals surface area contributed by atoms with Crippen molar-refractivity contribution in [3.05, 3.63) is 65.7 Å². The van der Waals surface area contributed by atoms with Crippen molar-refractivity contribution in [2.75, 3.05) is 18.4 Å². The molecule has 0 spiro atoms. The number of nitrogens with zero attached hydrogens (tertiary/aromatic N) is 1. The number of cyclic esters (lactones) is 1. The van der Waals surface area contributed by atoms with Crippen molar-refractivity contribution in [2.45, 2.75) is 37.8 Å². The lowest BCUT2D eigenvalue weighted by Crippen LogP contribution is -2.56. The van der Waals surface area contributed by atoms with Gasteiger partial charge in [-0.05, 0) is 43.5 Å². The largest absolute Gasteiger partial charge is 0.445 e. The van der Waals surface area contributed by atoms with Gasteiger partial charge in [0.15, 0.2) is 5.60 Å². The quantitative estimate of drug-likeness (QED) is 0.766. The third-order valence-corrected chi connectivity index (χ3v) is 5.71. The second kappa shape index (κ2) is 8.18. The molecule has 2 aromatic carbocycles. The van der Waals surface area contributed by atoms with Gasteiger partial charge in [0.05, 0.1) is 5.56 Å². The minimum atomic E-state index is -1.23. The minimum Gasteiger partial charge on any atom is -0.445 e. The molecule has 0 aromatic heterocycles. The zero-order chi connectivity index (χ0) is 21.1. The molecule has 2 heterocycles. The van der Waals surface area contributed by atoms with Gasteiger partial charge >= 0.3 is 12.0 Å². The van der Waals surface area contributed by atoms with Crippen LogP contribution in [0.2, 0.25) is 0 Å². The van der Waals surface area contributed by atoms with Crippen LogP contribution in [-0.2, 0) is 16.0 Å². The van der Waals surface area contributed by atoms with Crippen molar-refractivity contribution >= 4 is 23.6 Å². The lowest BCUT2D eigenvalue weighted by molar-refractivity contribution is -0.140. The Balaban J connectivity index is 1.31. The van der Waals surface area contributed by atoms with Crippen molar-refractivity contribution in [2.24, 2.45) is 0 Å². The molecule has 2 aliphatic rings. The van der Waals surface area contributed by atoms with Gasteiger partial charge in [0.1, 0.15) is 0 Å². The zero-order valence-electron chi connectivity index (χ0n) is 16.9. The van der Waals surface area contributed by atoms with Crippen LogP contribution in [0.25, 0.3) is 0 Å². The Morgan fingerprint density at radius 2 is 1.70 bits per heavy atom. The number of urea groups is 1. The molecule has 156 valence electrons. The molecule has 7 nitrogen and oxygen atoms in total. The average Bonchev–Trinajstić information content (AvgIpc) is 2.75. The Morgan fingerprint density at radius 1 is 1.03 bits per heavy atom. The van der Waals surface area contributed by atoms with Gasteiger partial charge in [-0.3, -0.25) is 4.79 Å². The van der Waals surface area contributed by atoms with Crippen LogP contribution in [-0.4, -0.2) is 47.5 Å². The van der Waals surface area contributed by atoms with E-state index in [9.17, 15) is 14.4 Å². The number of esters is 1. The van der Waals surface area contributed by atoms with Gasteiger partial charge in [-0.15, -0.1) is 0 Å². The molecule has 1 atom stereocenters. The van der Waals surface area contributed by atoms with Gasteiger partial charge in [0, 0.05) is 31.2 Å². The molecular weight excluding hydrogens is 382 g/mol. The van der Waals surface area contributed by atoms with Crippen molar-refractivity contribution in [1.82, 2.24) is 10.2 Å². The number of nitrogens with one attached hydrogen (secondary N) is 2. The summed E-state index contributed by atoms with van der Waals surface area (Å²) < 4.78 is 5.50. The van der Waals surface area contributed by atoms with Crippen LogP contribution >= 0.6 is 0 Å². The second-order valence-corrected chi connectivity index (χ2v) is 7.99. The van der Waals surface area contributed by atoms with E-state index in [1.165, 1.54) is 0 Å². The molecule has 0 saturated carbocycles. The lowest BCUT2D eigenvalue weighted by atomic mass is 9.89. The van der Waals surface area contributed by atoms with Crippen LogP contribution in [0.15, 0.2) is 54.6 Å². The standard InChI is InChI=1S/C23H25N3O4/c1-23(15-16-7-5-6-10-19(16)20(27)30-23)21(28)24-18-11-13-26(14-12-18)22(29)25-17-8-3-2-4-9-17/h2-10,18H,11-15H2,1H3,(H,24,28)(H,25,29). The third-order valence-electron chi connectivity index (χ3n) is 5.71. The predicted octanol–water partition coefficient (Wildman–Crippen LogP) is 2.97. The molecule has 30 heavy (non-hydrogen) atoms. The number of rotatable bonds is 3. The van der Waals surface area contributed by atoms with Crippen LogP contribution in [0, 0.1) is 0 Å². The van der Waals surface area contributed by atoms with Gasteiger partial charge in [-0.25, -0.2) is 9.59 Å². The van der Waals surface area contributed by atoms with E-state index in [1.807, 2.05) is 42.5 Å². The molecule has 2 aliphatic heterocycles. The van der Waals surface area contributed by atoms with Gasteiger partial charge in [0.25, 0.3) is 5.91 Å². The van der Waals surface area contributed by atoms with E-state index in [0.29, 0.717) is 37.9 Å². The minimum absolute atomic E-state index is 0.0639. The van der Waals surface area contributed by atoms with E-state index in [-0.39, 0.29) is 18.0 Å². The summed E-state index contributed by atoms with van der Waals surface area (Å²) >= 11 is 0. The van der Waals surface area contributed by atoms with Crippen molar-refractivity contribution in [3.63, 3.8) is 0 Å². The number of benzene rings is 2. The highest BCUT2D eigenvalue weighted by atomic mass is 16.6. The maximum Gasteiger partial charge on any atom is 0.339 e. The molecule has 4 rings (SSSR count). The number of carbonyl (C=O) groups excluding carboxylic acids is 3. The topological polar surface area (TPSA) is 87.7 Å². The number of carbonyl (C=O) groups is 3. The first kappa shape index (κ1) is 19.9. The molecule has 7 heteroatoms. The fraction of sp³-hybridized carbons (Fsp3) is 0.348.